The van der Waals surface area contributed by atoms with Crippen molar-refractivity contribution in [3.63, 3.8) is 0 Å². The van der Waals surface area contributed by atoms with E-state index in [0.29, 0.717) is 12.4 Å². The zero-order chi connectivity index (χ0) is 20.1. The SMILES string of the molecule is CCCCCCCCCCOc1ccc(C(=O)O/C(C(C)=O)=C(\C)O)cc1. The summed E-state index contributed by atoms with van der Waals surface area (Å²) in [5.41, 5.74) is 0.287. The maximum atomic E-state index is 12.0. The largest absolute Gasteiger partial charge is 0.509 e. The number of aliphatic hydroxyl groups excluding tert-OH is 1. The fourth-order valence-corrected chi connectivity index (χ4v) is 2.67. The number of hydrogen-bond acceptors (Lipinski definition) is 5. The Bertz CT molecular complexity index is 612. The molecule has 0 radical (unpaired) electrons. The Morgan fingerprint density at radius 2 is 1.44 bits per heavy atom. The van der Waals surface area contributed by atoms with Gasteiger partial charge in [0.05, 0.1) is 12.2 Å². The normalized spacial score (nSPS) is 11.7. The first-order valence-corrected chi connectivity index (χ1v) is 9.81. The number of hydrogen-bond donors (Lipinski definition) is 1. The van der Waals surface area contributed by atoms with Crippen LogP contribution in [0.15, 0.2) is 35.8 Å². The van der Waals surface area contributed by atoms with Gasteiger partial charge in [-0.25, -0.2) is 4.79 Å². The number of benzene rings is 1. The summed E-state index contributed by atoms with van der Waals surface area (Å²) in [4.78, 5) is 23.4. The highest BCUT2D eigenvalue weighted by Gasteiger charge is 2.16. The summed E-state index contributed by atoms with van der Waals surface area (Å²) in [6, 6.07) is 6.56. The van der Waals surface area contributed by atoms with Crippen LogP contribution in [0, 0.1) is 0 Å². The van der Waals surface area contributed by atoms with E-state index in [4.69, 9.17) is 9.47 Å². The molecule has 0 spiro atoms. The summed E-state index contributed by atoms with van der Waals surface area (Å²) in [7, 11) is 0. The Labute approximate surface area is 162 Å². The molecule has 1 aromatic carbocycles. The van der Waals surface area contributed by atoms with Gasteiger partial charge >= 0.3 is 5.97 Å². The lowest BCUT2D eigenvalue weighted by molar-refractivity contribution is -0.116. The number of unbranched alkanes of at least 4 members (excludes halogenated alkanes) is 7. The fraction of sp³-hybridized carbons (Fsp3) is 0.545. The van der Waals surface area contributed by atoms with Crippen molar-refractivity contribution in [2.24, 2.45) is 0 Å². The van der Waals surface area contributed by atoms with Gasteiger partial charge in [0.2, 0.25) is 5.76 Å². The van der Waals surface area contributed by atoms with Crippen LogP contribution >= 0.6 is 0 Å². The molecular formula is C22H32O5. The van der Waals surface area contributed by atoms with E-state index < -0.39 is 11.8 Å². The molecule has 0 aliphatic rings. The number of esters is 1. The van der Waals surface area contributed by atoms with E-state index in [2.05, 4.69) is 6.92 Å². The average molecular weight is 376 g/mol. The summed E-state index contributed by atoms with van der Waals surface area (Å²) in [6.45, 7) is 5.40. The molecule has 1 N–H and O–H groups in total. The van der Waals surface area contributed by atoms with Gasteiger partial charge in [-0.05, 0) is 37.6 Å². The highest BCUT2D eigenvalue weighted by Crippen LogP contribution is 2.16. The number of ether oxygens (including phenoxy) is 2. The van der Waals surface area contributed by atoms with Gasteiger partial charge in [-0.1, -0.05) is 51.9 Å². The van der Waals surface area contributed by atoms with E-state index in [0.717, 1.165) is 12.8 Å². The summed E-state index contributed by atoms with van der Waals surface area (Å²) < 4.78 is 10.6. The maximum Gasteiger partial charge on any atom is 0.343 e. The highest BCUT2D eigenvalue weighted by molar-refractivity contribution is 5.98. The Balaban J connectivity index is 2.32. The third-order valence-electron chi connectivity index (χ3n) is 4.20. The molecule has 0 unspecified atom stereocenters. The van der Waals surface area contributed by atoms with Crippen LogP contribution < -0.4 is 4.74 Å². The summed E-state index contributed by atoms with van der Waals surface area (Å²) >= 11 is 0. The number of carbonyl (C=O) groups excluding carboxylic acids is 2. The number of allylic oxidation sites excluding steroid dienone is 2. The Morgan fingerprint density at radius 3 is 1.96 bits per heavy atom. The summed E-state index contributed by atoms with van der Waals surface area (Å²) in [6.07, 6.45) is 9.98. The van der Waals surface area contributed by atoms with E-state index in [1.54, 1.807) is 24.3 Å². The molecule has 5 nitrogen and oxygen atoms in total. The monoisotopic (exact) mass is 376 g/mol. The van der Waals surface area contributed by atoms with Crippen LogP contribution in [0.5, 0.6) is 5.75 Å². The first kappa shape index (κ1) is 22.7. The third-order valence-corrected chi connectivity index (χ3v) is 4.20. The van der Waals surface area contributed by atoms with E-state index in [1.165, 1.54) is 52.4 Å². The molecule has 0 saturated carbocycles. The topological polar surface area (TPSA) is 72.8 Å². The van der Waals surface area contributed by atoms with Gasteiger partial charge in [-0.2, -0.15) is 0 Å². The molecule has 0 saturated heterocycles. The van der Waals surface area contributed by atoms with Gasteiger partial charge in [-0.3, -0.25) is 4.79 Å². The number of rotatable bonds is 13. The first-order chi connectivity index (χ1) is 13.0. The van der Waals surface area contributed by atoms with Crippen molar-refractivity contribution in [1.82, 2.24) is 0 Å². The van der Waals surface area contributed by atoms with Gasteiger partial charge in [-0.15, -0.1) is 0 Å². The quantitative estimate of drug-likeness (QED) is 0.206. The van der Waals surface area contributed by atoms with Gasteiger partial charge < -0.3 is 14.6 Å². The molecule has 1 aromatic rings. The second-order valence-electron chi connectivity index (χ2n) is 6.71. The van der Waals surface area contributed by atoms with Crippen LogP contribution in [-0.4, -0.2) is 23.5 Å². The molecule has 0 aliphatic heterocycles. The molecule has 1 rings (SSSR count). The van der Waals surface area contributed by atoms with E-state index in [1.807, 2.05) is 0 Å². The van der Waals surface area contributed by atoms with Crippen molar-refractivity contribution in [1.29, 1.82) is 0 Å². The lowest BCUT2D eigenvalue weighted by Gasteiger charge is -2.09. The molecule has 0 aliphatic carbocycles. The minimum Gasteiger partial charge on any atom is -0.509 e. The van der Waals surface area contributed by atoms with Crippen molar-refractivity contribution in [3.05, 3.63) is 41.3 Å². The zero-order valence-electron chi connectivity index (χ0n) is 16.8. The molecule has 0 amide bonds. The standard InChI is InChI=1S/C22H32O5/c1-4-5-6-7-8-9-10-11-16-26-20-14-12-19(13-15-20)22(25)27-21(17(2)23)18(3)24/h12-15,23H,4-11,16H2,1-3H3/b21-17+. The molecule has 0 heterocycles. The summed E-state index contributed by atoms with van der Waals surface area (Å²) in [5.74, 6) is -1.16. The highest BCUT2D eigenvalue weighted by atomic mass is 16.5. The second kappa shape index (κ2) is 13.0. The Morgan fingerprint density at radius 1 is 0.889 bits per heavy atom. The van der Waals surface area contributed by atoms with Crippen molar-refractivity contribution in [2.45, 2.75) is 72.1 Å². The van der Waals surface area contributed by atoms with Crippen molar-refractivity contribution in [3.8, 4) is 5.75 Å². The summed E-state index contributed by atoms with van der Waals surface area (Å²) in [5, 5.41) is 9.40. The average Bonchev–Trinajstić information content (AvgIpc) is 2.64. The van der Waals surface area contributed by atoms with Gasteiger partial charge in [0.1, 0.15) is 11.5 Å². The molecule has 5 heteroatoms. The van der Waals surface area contributed by atoms with E-state index in [9.17, 15) is 14.7 Å². The molecule has 0 bridgehead atoms. The van der Waals surface area contributed by atoms with Crippen LogP contribution in [0.2, 0.25) is 0 Å². The predicted octanol–water partition coefficient (Wildman–Crippen LogP) is 5.74. The molecule has 0 fully saturated rings. The molecule has 150 valence electrons. The van der Waals surface area contributed by atoms with E-state index in [-0.39, 0.29) is 17.1 Å². The minimum atomic E-state index is -0.691. The zero-order valence-corrected chi connectivity index (χ0v) is 16.8. The van der Waals surface area contributed by atoms with Crippen molar-refractivity contribution < 1.29 is 24.2 Å². The molecule has 0 atom stereocenters. The molecular weight excluding hydrogens is 344 g/mol. The molecule has 27 heavy (non-hydrogen) atoms. The smallest absolute Gasteiger partial charge is 0.343 e. The number of carbonyl (C=O) groups is 2. The lowest BCUT2D eigenvalue weighted by Crippen LogP contribution is -2.11. The first-order valence-electron chi connectivity index (χ1n) is 9.81. The van der Waals surface area contributed by atoms with Crippen LogP contribution in [0.4, 0.5) is 0 Å². The maximum absolute atomic E-state index is 12.0. The molecule has 0 aromatic heterocycles. The van der Waals surface area contributed by atoms with Gasteiger partial charge in [0.25, 0.3) is 0 Å². The van der Waals surface area contributed by atoms with Crippen molar-refractivity contribution >= 4 is 11.8 Å². The van der Waals surface area contributed by atoms with Gasteiger partial charge in [0, 0.05) is 6.92 Å². The van der Waals surface area contributed by atoms with Gasteiger partial charge in [0.15, 0.2) is 5.78 Å². The lowest BCUT2D eigenvalue weighted by atomic mass is 10.1. The van der Waals surface area contributed by atoms with Crippen LogP contribution in [0.3, 0.4) is 0 Å². The third kappa shape index (κ3) is 9.27. The fourth-order valence-electron chi connectivity index (χ4n) is 2.67. The second-order valence-corrected chi connectivity index (χ2v) is 6.71. The Kier molecular flexibility index (Phi) is 10.9. The van der Waals surface area contributed by atoms with E-state index >= 15 is 0 Å². The van der Waals surface area contributed by atoms with Crippen LogP contribution in [-0.2, 0) is 9.53 Å². The van der Waals surface area contributed by atoms with Crippen LogP contribution in [0.25, 0.3) is 0 Å². The number of ketones is 1. The minimum absolute atomic E-state index is 0.287. The predicted molar refractivity (Wildman–Crippen MR) is 106 cm³/mol. The van der Waals surface area contributed by atoms with Crippen molar-refractivity contribution in [2.75, 3.05) is 6.61 Å². The number of aliphatic hydroxyl groups is 1. The number of Topliss-reactive ketones (excluding diaryl/α,β-unsaturated/α-hetero) is 1. The van der Waals surface area contributed by atoms with Crippen LogP contribution in [0.1, 0.15) is 82.5 Å². The Hall–Kier alpha value is -2.30.